The molecule has 5 rings (SSSR count). The molecular formula is C25H23ClF2N2O5S2. The van der Waals surface area contributed by atoms with E-state index >= 15 is 0 Å². The van der Waals surface area contributed by atoms with Gasteiger partial charge in [-0.3, -0.25) is 4.79 Å². The number of aliphatic hydroxyl groups is 2. The summed E-state index contributed by atoms with van der Waals surface area (Å²) in [5.41, 5.74) is -1.49. The molecule has 0 aliphatic heterocycles. The molecule has 2 unspecified atom stereocenters. The normalized spacial score (nSPS) is 26.1. The number of carbonyl (C=O) groups excluding carboxylic acids is 1. The second-order valence-electron chi connectivity index (χ2n) is 9.50. The van der Waals surface area contributed by atoms with Crippen LogP contribution >= 0.6 is 22.9 Å². The minimum absolute atomic E-state index is 0.00480. The van der Waals surface area contributed by atoms with Crippen molar-refractivity contribution in [1.29, 1.82) is 0 Å². The van der Waals surface area contributed by atoms with Crippen LogP contribution in [0.5, 0.6) is 0 Å². The van der Waals surface area contributed by atoms with E-state index in [2.05, 4.69) is 10.3 Å². The molecule has 0 radical (unpaired) electrons. The third kappa shape index (κ3) is 4.57. The molecule has 7 nitrogen and oxygen atoms in total. The van der Waals surface area contributed by atoms with Gasteiger partial charge in [0.2, 0.25) is 0 Å². The average Bonchev–Trinajstić information content (AvgIpc) is 3.43. The number of thiazole rings is 1. The van der Waals surface area contributed by atoms with E-state index in [1.807, 2.05) is 0 Å². The molecule has 1 aromatic heterocycles. The first kappa shape index (κ1) is 26.2. The number of aliphatic hydroxyl groups excluding tert-OH is 1. The van der Waals surface area contributed by atoms with Crippen molar-refractivity contribution >= 4 is 44.4 Å². The lowest BCUT2D eigenvalue weighted by atomic mass is 9.71. The summed E-state index contributed by atoms with van der Waals surface area (Å²) >= 11 is 7.50. The predicted octanol–water partition coefficient (Wildman–Crippen LogP) is 4.75. The van der Waals surface area contributed by atoms with Crippen molar-refractivity contribution in [2.75, 3.05) is 5.32 Å². The molecule has 3 N–H and O–H groups in total. The Labute approximate surface area is 221 Å². The Bertz CT molecular complexity index is 1440. The van der Waals surface area contributed by atoms with Gasteiger partial charge in [0.25, 0.3) is 5.91 Å². The van der Waals surface area contributed by atoms with Crippen molar-refractivity contribution in [2.24, 2.45) is 11.8 Å². The Morgan fingerprint density at radius 1 is 1.14 bits per heavy atom. The van der Waals surface area contributed by atoms with Crippen molar-refractivity contribution in [3.05, 3.63) is 75.2 Å². The number of sulfone groups is 1. The molecule has 1 heterocycles. The smallest absolute Gasteiger partial charge is 0.255 e. The minimum atomic E-state index is -4.02. The van der Waals surface area contributed by atoms with Gasteiger partial charge in [-0.25, -0.2) is 22.2 Å². The van der Waals surface area contributed by atoms with Gasteiger partial charge >= 0.3 is 0 Å². The fourth-order valence-electron chi connectivity index (χ4n) is 5.63. The maximum absolute atomic E-state index is 13.7. The molecule has 12 heteroatoms. The first-order chi connectivity index (χ1) is 17.5. The highest BCUT2D eigenvalue weighted by atomic mass is 35.5. The van der Waals surface area contributed by atoms with Crippen LogP contribution in [0, 0.1) is 23.5 Å². The summed E-state index contributed by atoms with van der Waals surface area (Å²) in [6.45, 7) is 0. The number of hydrogen-bond acceptors (Lipinski definition) is 7. The zero-order valence-corrected chi connectivity index (χ0v) is 21.7. The zero-order valence-electron chi connectivity index (χ0n) is 19.3. The van der Waals surface area contributed by atoms with Gasteiger partial charge in [0, 0.05) is 28.9 Å². The number of fused-ring (bicyclic) bond motifs is 2. The lowest BCUT2D eigenvalue weighted by Gasteiger charge is -2.44. The van der Waals surface area contributed by atoms with Crippen LogP contribution in [0.15, 0.2) is 52.9 Å². The molecule has 2 aliphatic carbocycles. The van der Waals surface area contributed by atoms with Crippen LogP contribution in [0.2, 0.25) is 5.02 Å². The number of amides is 1. The predicted molar refractivity (Wildman–Crippen MR) is 134 cm³/mol. The number of carbonyl (C=O) groups is 1. The van der Waals surface area contributed by atoms with Crippen LogP contribution in [0.25, 0.3) is 0 Å². The molecule has 3 atom stereocenters. The Kier molecular flexibility index (Phi) is 6.86. The molecule has 2 aromatic carbocycles. The summed E-state index contributed by atoms with van der Waals surface area (Å²) < 4.78 is 54.1. The Morgan fingerprint density at radius 3 is 2.46 bits per heavy atom. The SMILES string of the molecule is O=C(Nc1ccc(F)c(F)c1)c1ccc(Cl)c(S(=O)(=O)C2CC3CCC(C2)C3(O)[C@@H](O)c2nccs2)c1. The van der Waals surface area contributed by atoms with E-state index in [-0.39, 0.29) is 34.0 Å². The van der Waals surface area contributed by atoms with E-state index < -0.39 is 56.2 Å². The number of hydrogen-bond donors (Lipinski definition) is 3. The highest BCUT2D eigenvalue weighted by molar-refractivity contribution is 7.92. The van der Waals surface area contributed by atoms with Crippen LogP contribution in [0.4, 0.5) is 14.5 Å². The zero-order chi connectivity index (χ0) is 26.5. The molecule has 37 heavy (non-hydrogen) atoms. The first-order valence-electron chi connectivity index (χ1n) is 11.6. The van der Waals surface area contributed by atoms with Crippen LogP contribution < -0.4 is 5.32 Å². The van der Waals surface area contributed by atoms with E-state index in [1.54, 1.807) is 11.6 Å². The quantitative estimate of drug-likeness (QED) is 0.395. The number of anilines is 1. The van der Waals surface area contributed by atoms with E-state index in [0.717, 1.165) is 12.1 Å². The summed E-state index contributed by atoms with van der Waals surface area (Å²) in [5, 5.41) is 26.0. The monoisotopic (exact) mass is 568 g/mol. The standard InChI is InChI=1S/C25H23ClF2N2O5S2/c26-18-5-1-13(23(32)30-16-4-6-19(27)20(28)12-16)9-21(18)37(34,35)17-10-14-2-3-15(11-17)25(14,33)22(31)24-29-7-8-36-24/h1,4-9,12,14-15,17,22,31,33H,2-3,10-11H2,(H,30,32)/t14?,15?,17?,22-,25?/m0/s1. The number of rotatable bonds is 6. The Hall–Kier alpha value is -2.44. The van der Waals surface area contributed by atoms with Crippen molar-refractivity contribution in [2.45, 2.75) is 47.5 Å². The maximum atomic E-state index is 13.7. The molecule has 3 aromatic rings. The molecule has 2 aliphatic rings. The second-order valence-corrected chi connectivity index (χ2v) is 13.0. The van der Waals surface area contributed by atoms with Crippen LogP contribution in [-0.4, -0.2) is 40.4 Å². The summed E-state index contributed by atoms with van der Waals surface area (Å²) in [5.74, 6) is -3.83. The van der Waals surface area contributed by atoms with Gasteiger partial charge < -0.3 is 15.5 Å². The highest BCUT2D eigenvalue weighted by Gasteiger charge is 2.59. The van der Waals surface area contributed by atoms with Crippen LogP contribution in [0.3, 0.4) is 0 Å². The molecule has 2 bridgehead atoms. The molecule has 0 saturated heterocycles. The van der Waals surface area contributed by atoms with Gasteiger partial charge in [-0.15, -0.1) is 11.3 Å². The van der Waals surface area contributed by atoms with E-state index in [0.29, 0.717) is 17.8 Å². The minimum Gasteiger partial charge on any atom is -0.386 e. The lowest BCUT2D eigenvalue weighted by molar-refractivity contribution is -0.144. The molecule has 2 saturated carbocycles. The summed E-state index contributed by atoms with van der Waals surface area (Å²) in [4.78, 5) is 16.6. The molecule has 2 fully saturated rings. The van der Waals surface area contributed by atoms with Gasteiger partial charge in [-0.05, 0) is 67.9 Å². The van der Waals surface area contributed by atoms with Crippen LogP contribution in [-0.2, 0) is 9.84 Å². The topological polar surface area (TPSA) is 117 Å². The van der Waals surface area contributed by atoms with Crippen molar-refractivity contribution < 1.29 is 32.2 Å². The second kappa shape index (κ2) is 9.70. The molecule has 1 amide bonds. The van der Waals surface area contributed by atoms with Crippen molar-refractivity contribution in [3.8, 4) is 0 Å². The Morgan fingerprint density at radius 2 is 1.84 bits per heavy atom. The van der Waals surface area contributed by atoms with Crippen molar-refractivity contribution in [3.63, 3.8) is 0 Å². The van der Waals surface area contributed by atoms with Gasteiger partial charge in [0.05, 0.1) is 15.2 Å². The average molecular weight is 569 g/mol. The number of nitrogens with zero attached hydrogens (tertiary/aromatic N) is 1. The third-order valence-corrected chi connectivity index (χ3v) is 11.0. The number of halogens is 3. The fraction of sp³-hybridized carbons (Fsp3) is 0.360. The van der Waals surface area contributed by atoms with E-state index in [4.69, 9.17) is 11.6 Å². The van der Waals surface area contributed by atoms with Gasteiger partial charge in [-0.1, -0.05) is 11.6 Å². The van der Waals surface area contributed by atoms with Crippen molar-refractivity contribution in [1.82, 2.24) is 4.98 Å². The summed E-state index contributed by atoms with van der Waals surface area (Å²) in [6.07, 6.45) is 1.72. The fourth-order valence-corrected chi connectivity index (χ4v) is 8.73. The van der Waals surface area contributed by atoms with Gasteiger partial charge in [0.15, 0.2) is 21.5 Å². The lowest BCUT2D eigenvalue weighted by Crippen LogP contribution is -2.52. The highest BCUT2D eigenvalue weighted by Crippen LogP contribution is 2.56. The van der Waals surface area contributed by atoms with Crippen LogP contribution in [0.1, 0.15) is 47.2 Å². The van der Waals surface area contributed by atoms with Gasteiger partial charge in [0.1, 0.15) is 16.7 Å². The number of nitrogens with one attached hydrogen (secondary N) is 1. The first-order valence-corrected chi connectivity index (χ1v) is 14.4. The maximum Gasteiger partial charge on any atom is 0.255 e. The molecule has 196 valence electrons. The van der Waals surface area contributed by atoms with E-state index in [9.17, 15) is 32.2 Å². The third-order valence-electron chi connectivity index (χ3n) is 7.51. The molecular weight excluding hydrogens is 546 g/mol. The van der Waals surface area contributed by atoms with E-state index in [1.165, 1.54) is 35.6 Å². The van der Waals surface area contributed by atoms with Gasteiger partial charge in [-0.2, -0.15) is 0 Å². The largest absolute Gasteiger partial charge is 0.386 e. The summed E-state index contributed by atoms with van der Waals surface area (Å²) in [6, 6.07) is 6.68. The Balaban J connectivity index is 1.39. The number of aromatic nitrogens is 1. The summed E-state index contributed by atoms with van der Waals surface area (Å²) in [7, 11) is -4.02. The number of benzene rings is 2. The molecule has 0 spiro atoms.